The van der Waals surface area contributed by atoms with Crippen molar-refractivity contribution in [2.24, 2.45) is 0 Å². The Labute approximate surface area is 159 Å². The van der Waals surface area contributed by atoms with Gasteiger partial charge in [0.05, 0.1) is 16.2 Å². The number of carbonyl (C=O) groups is 1. The Kier molecular flexibility index (Phi) is 6.61. The van der Waals surface area contributed by atoms with Crippen LogP contribution in [0.15, 0.2) is 23.1 Å². The van der Waals surface area contributed by atoms with Gasteiger partial charge in [0.1, 0.15) is 5.82 Å². The van der Waals surface area contributed by atoms with E-state index in [1.165, 1.54) is 9.21 Å². The molecule has 0 radical (unpaired) electrons. The second kappa shape index (κ2) is 8.21. The van der Waals surface area contributed by atoms with E-state index in [2.05, 4.69) is 4.72 Å². The van der Waals surface area contributed by atoms with Crippen molar-refractivity contribution < 1.29 is 26.0 Å². The van der Waals surface area contributed by atoms with E-state index in [1.54, 1.807) is 20.8 Å². The van der Waals surface area contributed by atoms with Crippen LogP contribution in [0, 0.1) is 5.82 Å². The molecule has 1 fully saturated rings. The molecule has 1 aromatic carbocycles. The van der Waals surface area contributed by atoms with E-state index in [0.717, 1.165) is 18.2 Å². The van der Waals surface area contributed by atoms with Crippen molar-refractivity contribution in [3.63, 3.8) is 0 Å². The first-order valence-electron chi connectivity index (χ1n) is 8.57. The second-order valence-corrected chi connectivity index (χ2v) is 10.5. The molecule has 11 heteroatoms. The normalized spacial score (nSPS) is 16.7. The summed E-state index contributed by atoms with van der Waals surface area (Å²) in [6.45, 7) is 5.30. The number of nitrogens with zero attached hydrogens (tertiary/aromatic N) is 2. The molecule has 1 amide bonds. The molecule has 1 aliphatic heterocycles. The fourth-order valence-corrected chi connectivity index (χ4v) is 5.10. The molecule has 2 rings (SSSR count). The van der Waals surface area contributed by atoms with Crippen LogP contribution in [0.1, 0.15) is 31.1 Å². The van der Waals surface area contributed by atoms with Gasteiger partial charge in [-0.2, -0.15) is 4.31 Å². The van der Waals surface area contributed by atoms with Gasteiger partial charge in [0, 0.05) is 32.2 Å². The number of benzene rings is 1. The number of amides is 1. The van der Waals surface area contributed by atoms with Crippen molar-refractivity contribution in [3.05, 3.63) is 29.6 Å². The number of nitrogens with one attached hydrogen (secondary N) is 1. The second-order valence-electron chi connectivity index (χ2n) is 6.51. The molecule has 1 aliphatic rings. The molecular weight excluding hydrogens is 397 g/mol. The highest BCUT2D eigenvalue weighted by atomic mass is 32.2. The first kappa shape index (κ1) is 21.7. The van der Waals surface area contributed by atoms with Crippen LogP contribution in [-0.4, -0.2) is 69.9 Å². The lowest BCUT2D eigenvalue weighted by molar-refractivity contribution is 0.0693. The molecule has 0 aliphatic carbocycles. The van der Waals surface area contributed by atoms with Gasteiger partial charge in [-0.05, 0) is 39.0 Å². The molecule has 1 aromatic rings. The highest BCUT2D eigenvalue weighted by molar-refractivity contribution is 7.89. The maximum absolute atomic E-state index is 14.2. The third-order valence-corrected chi connectivity index (χ3v) is 7.69. The summed E-state index contributed by atoms with van der Waals surface area (Å²) in [7, 11) is -7.22. The molecule has 1 N–H and O–H groups in total. The zero-order valence-corrected chi connectivity index (χ0v) is 17.1. The van der Waals surface area contributed by atoms with Crippen LogP contribution in [0.25, 0.3) is 0 Å². The van der Waals surface area contributed by atoms with Crippen molar-refractivity contribution in [2.75, 3.05) is 31.9 Å². The standard InChI is InChI=1S/C16H24FN3O5S2/c1-4-26(22,23)20-9-7-19(8-10-20)16(21)14-11-13(5-6-15(14)17)27(24,25)18-12(2)3/h5-6,11-12,18H,4,7-10H2,1-3H3. The zero-order valence-electron chi connectivity index (χ0n) is 15.5. The van der Waals surface area contributed by atoms with Crippen LogP contribution < -0.4 is 4.72 Å². The van der Waals surface area contributed by atoms with Crippen LogP contribution in [-0.2, 0) is 20.0 Å². The van der Waals surface area contributed by atoms with Crippen LogP contribution in [0.4, 0.5) is 4.39 Å². The molecule has 1 heterocycles. The van der Waals surface area contributed by atoms with Gasteiger partial charge in [-0.1, -0.05) is 0 Å². The molecule has 0 saturated carbocycles. The van der Waals surface area contributed by atoms with Gasteiger partial charge in [-0.25, -0.2) is 25.9 Å². The monoisotopic (exact) mass is 421 g/mol. The Morgan fingerprint density at radius 3 is 2.26 bits per heavy atom. The van der Waals surface area contributed by atoms with Gasteiger partial charge in [-0.15, -0.1) is 0 Å². The number of hydrogen-bond donors (Lipinski definition) is 1. The first-order valence-corrected chi connectivity index (χ1v) is 11.7. The lowest BCUT2D eigenvalue weighted by Gasteiger charge is -2.34. The largest absolute Gasteiger partial charge is 0.336 e. The third-order valence-electron chi connectivity index (χ3n) is 4.15. The molecular formula is C16H24FN3O5S2. The third kappa shape index (κ3) is 5.03. The summed E-state index contributed by atoms with van der Waals surface area (Å²) in [6, 6.07) is 2.70. The summed E-state index contributed by atoms with van der Waals surface area (Å²) in [5.41, 5.74) is -0.353. The molecule has 0 aromatic heterocycles. The molecule has 0 bridgehead atoms. The van der Waals surface area contributed by atoms with Crippen LogP contribution >= 0.6 is 0 Å². The smallest absolute Gasteiger partial charge is 0.256 e. The lowest BCUT2D eigenvalue weighted by atomic mass is 10.1. The van der Waals surface area contributed by atoms with E-state index in [1.807, 2.05) is 0 Å². The Hall–Kier alpha value is -1.56. The van der Waals surface area contributed by atoms with Crippen LogP contribution in [0.2, 0.25) is 0 Å². The van der Waals surface area contributed by atoms with Gasteiger partial charge < -0.3 is 4.90 Å². The number of piperazine rings is 1. The maximum Gasteiger partial charge on any atom is 0.256 e. The highest BCUT2D eigenvalue weighted by Gasteiger charge is 2.30. The highest BCUT2D eigenvalue weighted by Crippen LogP contribution is 2.19. The van der Waals surface area contributed by atoms with Gasteiger partial charge in [0.25, 0.3) is 5.91 Å². The molecule has 0 atom stereocenters. The van der Waals surface area contributed by atoms with E-state index in [4.69, 9.17) is 0 Å². The Bertz CT molecular complexity index is 908. The number of halogens is 1. The minimum atomic E-state index is -3.87. The Morgan fingerprint density at radius 2 is 1.74 bits per heavy atom. The molecule has 27 heavy (non-hydrogen) atoms. The van der Waals surface area contributed by atoms with Crippen LogP contribution in [0.3, 0.4) is 0 Å². The first-order chi connectivity index (χ1) is 12.5. The molecule has 152 valence electrons. The summed E-state index contributed by atoms with van der Waals surface area (Å²) in [5, 5.41) is 0. The Morgan fingerprint density at radius 1 is 1.15 bits per heavy atom. The van der Waals surface area contributed by atoms with Gasteiger partial charge in [0.2, 0.25) is 20.0 Å². The number of hydrogen-bond acceptors (Lipinski definition) is 5. The minimum absolute atomic E-state index is 0.0294. The molecule has 1 saturated heterocycles. The van der Waals surface area contributed by atoms with Gasteiger partial charge in [-0.3, -0.25) is 4.79 Å². The van der Waals surface area contributed by atoms with E-state index in [0.29, 0.717) is 0 Å². The van der Waals surface area contributed by atoms with Gasteiger partial charge in [0.15, 0.2) is 0 Å². The fourth-order valence-electron chi connectivity index (χ4n) is 2.74. The van der Waals surface area contributed by atoms with Crippen molar-refractivity contribution in [1.82, 2.24) is 13.9 Å². The topological polar surface area (TPSA) is 104 Å². The predicted molar refractivity (Wildman–Crippen MR) is 98.8 cm³/mol. The molecule has 8 nitrogen and oxygen atoms in total. The summed E-state index contributed by atoms with van der Waals surface area (Å²) in [4.78, 5) is 13.8. The maximum atomic E-state index is 14.2. The predicted octanol–water partition coefficient (Wildman–Crippen LogP) is 0.620. The number of sulfonamides is 2. The van der Waals surface area contributed by atoms with E-state index in [9.17, 15) is 26.0 Å². The van der Waals surface area contributed by atoms with Crippen molar-refractivity contribution in [2.45, 2.75) is 31.7 Å². The van der Waals surface area contributed by atoms with Crippen molar-refractivity contribution in [3.8, 4) is 0 Å². The quantitative estimate of drug-likeness (QED) is 0.725. The van der Waals surface area contributed by atoms with E-state index < -0.39 is 31.8 Å². The molecule has 0 spiro atoms. The van der Waals surface area contributed by atoms with Gasteiger partial charge >= 0.3 is 0 Å². The number of carbonyl (C=O) groups excluding carboxylic acids is 1. The summed E-state index contributed by atoms with van der Waals surface area (Å²) < 4.78 is 66.1. The average molecular weight is 422 g/mol. The van der Waals surface area contributed by atoms with Crippen molar-refractivity contribution in [1.29, 1.82) is 0 Å². The summed E-state index contributed by atoms with van der Waals surface area (Å²) in [6.07, 6.45) is 0. The van der Waals surface area contributed by atoms with Crippen LogP contribution in [0.5, 0.6) is 0 Å². The van der Waals surface area contributed by atoms with E-state index in [-0.39, 0.29) is 48.4 Å². The average Bonchev–Trinajstić information content (AvgIpc) is 2.60. The summed E-state index contributed by atoms with van der Waals surface area (Å²) in [5.74, 6) is -1.52. The Balaban J connectivity index is 2.21. The SMILES string of the molecule is CCS(=O)(=O)N1CCN(C(=O)c2cc(S(=O)(=O)NC(C)C)ccc2F)CC1. The fraction of sp³-hybridized carbons (Fsp3) is 0.562. The van der Waals surface area contributed by atoms with Crippen molar-refractivity contribution >= 4 is 26.0 Å². The number of rotatable bonds is 6. The zero-order chi connectivity index (χ0) is 20.4. The minimum Gasteiger partial charge on any atom is -0.336 e. The van der Waals surface area contributed by atoms with E-state index >= 15 is 0 Å². The molecule has 0 unspecified atom stereocenters. The lowest BCUT2D eigenvalue weighted by Crippen LogP contribution is -2.51. The summed E-state index contributed by atoms with van der Waals surface area (Å²) >= 11 is 0.